The summed E-state index contributed by atoms with van der Waals surface area (Å²) in [4.78, 5) is 3.64. The molecular formula is C18H14F5N3OS. The molecule has 0 spiro atoms. The number of epoxide rings is 1. The van der Waals surface area contributed by atoms with Crippen LogP contribution in [0.15, 0.2) is 47.5 Å². The highest BCUT2D eigenvalue weighted by molar-refractivity contribution is 7.80. The number of rotatable bonds is 4. The predicted octanol–water partition coefficient (Wildman–Crippen LogP) is 3.81. The van der Waals surface area contributed by atoms with Crippen LogP contribution in [0.2, 0.25) is 0 Å². The lowest BCUT2D eigenvalue weighted by Gasteiger charge is -2.17. The Kier molecular flexibility index (Phi) is 5.35. The van der Waals surface area contributed by atoms with Crippen molar-refractivity contribution >= 4 is 23.7 Å². The molecule has 148 valence electrons. The van der Waals surface area contributed by atoms with E-state index in [2.05, 4.69) is 10.3 Å². The Bertz CT molecular complexity index is 934. The van der Waals surface area contributed by atoms with Gasteiger partial charge in [0.25, 0.3) is 0 Å². The summed E-state index contributed by atoms with van der Waals surface area (Å²) in [7, 11) is 0. The van der Waals surface area contributed by atoms with Crippen LogP contribution in [0, 0.1) is 11.6 Å². The second-order valence-electron chi connectivity index (χ2n) is 6.04. The fraction of sp³-hybridized carbons (Fsp3) is 0.222. The van der Waals surface area contributed by atoms with E-state index in [4.69, 9.17) is 22.7 Å². The van der Waals surface area contributed by atoms with Crippen LogP contribution in [0.25, 0.3) is 0 Å². The van der Waals surface area contributed by atoms with Crippen LogP contribution in [0.3, 0.4) is 0 Å². The van der Waals surface area contributed by atoms with Crippen LogP contribution in [-0.2, 0) is 16.5 Å². The monoisotopic (exact) mass is 415 g/mol. The van der Waals surface area contributed by atoms with Gasteiger partial charge in [-0.15, -0.1) is 0 Å². The number of thiocarbonyl (C=S) groups is 1. The highest BCUT2D eigenvalue weighted by Crippen LogP contribution is 2.58. The molecule has 2 aromatic carbocycles. The maximum Gasteiger partial charge on any atom is 0.416 e. The van der Waals surface area contributed by atoms with Crippen molar-refractivity contribution in [2.24, 2.45) is 10.7 Å². The summed E-state index contributed by atoms with van der Waals surface area (Å²) in [5.74, 6) is -2.22. The summed E-state index contributed by atoms with van der Waals surface area (Å²) in [5, 5.41) is 2.68. The zero-order valence-corrected chi connectivity index (χ0v) is 15.0. The second kappa shape index (κ2) is 7.44. The maximum atomic E-state index is 13.8. The molecule has 3 N–H and O–H groups in total. The minimum absolute atomic E-state index is 0.0252. The summed E-state index contributed by atoms with van der Waals surface area (Å²) in [5.41, 5.74) is 2.95. The van der Waals surface area contributed by atoms with Crippen molar-refractivity contribution in [2.75, 3.05) is 6.54 Å². The third-order valence-corrected chi connectivity index (χ3v) is 4.60. The number of hydrogen-bond acceptors (Lipinski definition) is 2. The lowest BCUT2D eigenvalue weighted by atomic mass is 9.89. The van der Waals surface area contributed by atoms with Gasteiger partial charge in [-0.05, 0) is 41.5 Å². The molecule has 1 aliphatic heterocycles. The molecule has 4 nitrogen and oxygen atoms in total. The van der Waals surface area contributed by atoms with E-state index < -0.39 is 35.1 Å². The quantitative estimate of drug-likeness (QED) is 0.262. The van der Waals surface area contributed by atoms with Gasteiger partial charge < -0.3 is 15.8 Å². The van der Waals surface area contributed by atoms with E-state index >= 15 is 0 Å². The first-order valence-corrected chi connectivity index (χ1v) is 8.41. The lowest BCUT2D eigenvalue weighted by Crippen LogP contribution is -2.32. The van der Waals surface area contributed by atoms with E-state index in [-0.39, 0.29) is 22.8 Å². The maximum absolute atomic E-state index is 13.8. The first-order chi connectivity index (χ1) is 13.2. The number of ether oxygens (including phenoxy) is 1. The highest BCUT2D eigenvalue weighted by Gasteiger charge is 2.60. The molecule has 1 fully saturated rings. The third kappa shape index (κ3) is 3.83. The Morgan fingerprint density at radius 1 is 1.21 bits per heavy atom. The fourth-order valence-corrected chi connectivity index (χ4v) is 3.14. The number of nitrogens with one attached hydrogen (secondary N) is 1. The first kappa shape index (κ1) is 20.2. The van der Waals surface area contributed by atoms with Crippen molar-refractivity contribution in [1.29, 1.82) is 0 Å². The topological polar surface area (TPSA) is 62.9 Å². The average Bonchev–Trinajstić information content (AvgIpc) is 3.38. The Balaban J connectivity index is 2.01. The molecular weight excluding hydrogens is 401 g/mol. The average molecular weight is 415 g/mol. The summed E-state index contributed by atoms with van der Waals surface area (Å²) in [6, 6.07) is 7.96. The number of nitrogens with two attached hydrogens (primary N) is 1. The normalized spacial score (nSPS) is 21.7. The molecule has 0 bridgehead atoms. The minimum Gasteiger partial charge on any atom is -0.390 e. The highest BCUT2D eigenvalue weighted by atomic mass is 32.1. The number of halogens is 5. The Hall–Kier alpha value is -2.59. The number of alkyl halides is 3. The van der Waals surface area contributed by atoms with Crippen molar-refractivity contribution in [3.8, 4) is 0 Å². The van der Waals surface area contributed by atoms with Gasteiger partial charge in [0.15, 0.2) is 16.7 Å². The van der Waals surface area contributed by atoms with Gasteiger partial charge >= 0.3 is 6.18 Å². The molecule has 0 saturated carbocycles. The van der Waals surface area contributed by atoms with Crippen molar-refractivity contribution in [1.82, 2.24) is 5.32 Å². The lowest BCUT2D eigenvalue weighted by molar-refractivity contribution is -0.138. The van der Waals surface area contributed by atoms with Crippen LogP contribution in [-0.4, -0.2) is 18.0 Å². The molecule has 0 unspecified atom stereocenters. The van der Waals surface area contributed by atoms with E-state index in [1.807, 2.05) is 0 Å². The van der Waals surface area contributed by atoms with Crippen molar-refractivity contribution in [3.63, 3.8) is 0 Å². The minimum atomic E-state index is -4.60. The molecule has 0 aliphatic carbocycles. The summed E-state index contributed by atoms with van der Waals surface area (Å²) >= 11 is 4.93. The van der Waals surface area contributed by atoms with E-state index in [1.165, 1.54) is 24.3 Å². The molecule has 0 aromatic heterocycles. The smallest absolute Gasteiger partial charge is 0.390 e. The zero-order valence-electron chi connectivity index (χ0n) is 14.1. The number of benzene rings is 2. The first-order valence-electron chi connectivity index (χ1n) is 8.00. The number of nitrogens with zero attached hydrogens (tertiary/aromatic N) is 1. The van der Waals surface area contributed by atoms with E-state index in [9.17, 15) is 22.0 Å². The van der Waals surface area contributed by atoms with Crippen molar-refractivity contribution in [2.45, 2.75) is 17.9 Å². The van der Waals surface area contributed by atoms with Gasteiger partial charge in [0, 0.05) is 0 Å². The Morgan fingerprint density at radius 3 is 2.57 bits per heavy atom. The van der Waals surface area contributed by atoms with Gasteiger partial charge in [-0.2, -0.15) is 13.2 Å². The molecule has 3 rings (SSSR count). The molecule has 1 aliphatic rings. The molecule has 2 aromatic rings. The van der Waals surface area contributed by atoms with Crippen LogP contribution < -0.4 is 11.1 Å². The van der Waals surface area contributed by atoms with Crippen LogP contribution in [0.5, 0.6) is 0 Å². The molecule has 2 atom stereocenters. The molecule has 1 heterocycles. The van der Waals surface area contributed by atoms with Crippen LogP contribution >= 0.6 is 12.2 Å². The predicted molar refractivity (Wildman–Crippen MR) is 96.6 cm³/mol. The third-order valence-electron chi connectivity index (χ3n) is 4.35. The molecule has 10 heteroatoms. The summed E-state index contributed by atoms with van der Waals surface area (Å²) in [6.45, 7) is -0.120. The number of hydrogen-bond donors (Lipinski definition) is 2. The van der Waals surface area contributed by atoms with E-state index in [0.29, 0.717) is 0 Å². The summed E-state index contributed by atoms with van der Waals surface area (Å²) < 4.78 is 72.9. The van der Waals surface area contributed by atoms with Gasteiger partial charge in [0.2, 0.25) is 0 Å². The van der Waals surface area contributed by atoms with Gasteiger partial charge in [-0.3, -0.25) is 0 Å². The van der Waals surface area contributed by atoms with Crippen LogP contribution in [0.4, 0.5) is 22.0 Å². The Labute approximate surface area is 162 Å². The van der Waals surface area contributed by atoms with Crippen molar-refractivity contribution < 1.29 is 26.7 Å². The molecule has 0 amide bonds. The van der Waals surface area contributed by atoms with Gasteiger partial charge in [0.05, 0.1) is 18.4 Å². The second-order valence-corrected chi connectivity index (χ2v) is 6.42. The van der Waals surface area contributed by atoms with E-state index in [1.54, 1.807) is 0 Å². The molecule has 0 radical (unpaired) electrons. The zero-order chi connectivity index (χ0) is 20.5. The van der Waals surface area contributed by atoms with Crippen molar-refractivity contribution in [3.05, 3.63) is 70.8 Å². The standard InChI is InChI=1S/C18H14F5N3OS/c19-13-6-5-10(7-14(13)20)17(8-25-16(28)26-9-24)15(27-17)11-3-1-2-4-12(11)18(21,22)23/h1-7,9,15H,8H2,(H3,24,25,26,28)/t15-,17-/m1/s1. The largest absolute Gasteiger partial charge is 0.416 e. The van der Waals surface area contributed by atoms with Gasteiger partial charge in [-0.1, -0.05) is 24.3 Å². The Morgan fingerprint density at radius 2 is 1.93 bits per heavy atom. The number of aliphatic imine (C=N–C) groups is 1. The molecule has 1 saturated heterocycles. The summed E-state index contributed by atoms with van der Waals surface area (Å²) in [6.07, 6.45) is -4.70. The van der Waals surface area contributed by atoms with Gasteiger partial charge in [-0.25, -0.2) is 13.8 Å². The fourth-order valence-electron chi connectivity index (χ4n) is 3.01. The SMILES string of the molecule is NC=NC(=S)NC[C@]1(c2ccc(F)c(F)c2)O[C@@H]1c1ccccc1C(F)(F)F. The van der Waals surface area contributed by atoms with E-state index in [0.717, 1.165) is 24.5 Å². The van der Waals surface area contributed by atoms with Crippen LogP contribution in [0.1, 0.15) is 22.8 Å². The molecule has 28 heavy (non-hydrogen) atoms. The van der Waals surface area contributed by atoms with Gasteiger partial charge in [0.1, 0.15) is 11.7 Å².